The van der Waals surface area contributed by atoms with E-state index in [9.17, 15) is 13.9 Å². The molecule has 238 valence electrons. The van der Waals surface area contributed by atoms with E-state index in [0.717, 1.165) is 38.0 Å². The van der Waals surface area contributed by atoms with E-state index < -0.39 is 35.5 Å². The number of hydrogen-bond donors (Lipinski definition) is 1. The minimum atomic E-state index is -1.74. The van der Waals surface area contributed by atoms with Crippen LogP contribution in [0.1, 0.15) is 68.7 Å². The van der Waals surface area contributed by atoms with Crippen LogP contribution in [0.25, 0.3) is 0 Å². The van der Waals surface area contributed by atoms with Gasteiger partial charge in [0, 0.05) is 32.0 Å². The Balaban J connectivity index is 0.00000188. The number of nitrogens with zero attached hydrogens (tertiary/aromatic N) is 1. The highest BCUT2D eigenvalue weighted by Crippen LogP contribution is 2.55. The Morgan fingerprint density at radius 2 is 1.66 bits per heavy atom. The zero-order chi connectivity index (χ0) is 31.3. The van der Waals surface area contributed by atoms with Crippen LogP contribution in [0.2, 0.25) is 0 Å². The molecule has 0 aliphatic carbocycles. The Labute approximate surface area is 257 Å². The minimum Gasteiger partial charge on any atom is -0.492 e. The maximum absolute atomic E-state index is 16.1. The molecule has 44 heavy (non-hydrogen) atoms. The smallest absolute Gasteiger partial charge is 0.199 e. The molecule has 3 aromatic carbocycles. The predicted molar refractivity (Wildman–Crippen MR) is 162 cm³/mol. The average Bonchev–Trinajstić information content (AvgIpc) is 3.01. The van der Waals surface area contributed by atoms with Crippen LogP contribution in [0.4, 0.5) is 13.2 Å². The van der Waals surface area contributed by atoms with Crippen molar-refractivity contribution in [3.05, 3.63) is 89.0 Å². The SMILES string of the molecule is CC.CC1(O)c2c(ccc(OC3CCCCO3)c2F)OC(c2ccc(OCCN3CC(CF)C3)cc2)C1c1ccc(F)cc1. The van der Waals surface area contributed by atoms with Crippen molar-refractivity contribution < 1.29 is 37.2 Å². The number of halogens is 3. The van der Waals surface area contributed by atoms with Crippen LogP contribution in [0.5, 0.6) is 17.2 Å². The van der Waals surface area contributed by atoms with Crippen molar-refractivity contribution in [2.45, 2.75) is 63.9 Å². The van der Waals surface area contributed by atoms with E-state index in [1.54, 1.807) is 25.1 Å². The second-order valence-electron chi connectivity index (χ2n) is 11.6. The van der Waals surface area contributed by atoms with Crippen molar-refractivity contribution in [2.75, 3.05) is 39.5 Å². The van der Waals surface area contributed by atoms with Crippen molar-refractivity contribution in [1.29, 1.82) is 0 Å². The van der Waals surface area contributed by atoms with Gasteiger partial charge in [-0.15, -0.1) is 0 Å². The molecular weight excluding hydrogens is 571 g/mol. The molecule has 4 unspecified atom stereocenters. The largest absolute Gasteiger partial charge is 0.492 e. The van der Waals surface area contributed by atoms with Gasteiger partial charge in [-0.2, -0.15) is 0 Å². The van der Waals surface area contributed by atoms with E-state index in [2.05, 4.69) is 4.90 Å². The standard InChI is InChI=1S/C33H36F3NO5.C2H6/c1-33(38)29(22-5-9-24(35)10-6-22)32(23-7-11-25(12-8-23)39-17-15-37-19-21(18-34)20-37)42-26-13-14-27(31(36)30(26)33)41-28-4-2-3-16-40-28;1-2/h5-14,21,28-29,32,38H,2-4,15-20H2,1H3;1-2H3. The molecule has 3 aliphatic heterocycles. The summed E-state index contributed by atoms with van der Waals surface area (Å²) in [6.07, 6.45) is 1.25. The lowest BCUT2D eigenvalue weighted by atomic mass is 9.71. The Morgan fingerprint density at radius 3 is 2.32 bits per heavy atom. The van der Waals surface area contributed by atoms with Crippen molar-refractivity contribution >= 4 is 0 Å². The first-order valence-electron chi connectivity index (χ1n) is 15.6. The molecule has 3 aliphatic rings. The van der Waals surface area contributed by atoms with E-state index in [4.69, 9.17) is 18.9 Å². The van der Waals surface area contributed by atoms with Crippen LogP contribution in [-0.2, 0) is 10.3 Å². The highest BCUT2D eigenvalue weighted by atomic mass is 19.1. The van der Waals surface area contributed by atoms with Gasteiger partial charge in [0.1, 0.15) is 35.6 Å². The minimum absolute atomic E-state index is 0.0117. The van der Waals surface area contributed by atoms with E-state index in [-0.39, 0.29) is 29.7 Å². The molecule has 1 N–H and O–H groups in total. The van der Waals surface area contributed by atoms with Gasteiger partial charge in [-0.25, -0.2) is 8.78 Å². The summed E-state index contributed by atoms with van der Waals surface area (Å²) in [6.45, 7) is 8.54. The van der Waals surface area contributed by atoms with Gasteiger partial charge in [-0.1, -0.05) is 38.1 Å². The molecule has 0 spiro atoms. The second kappa shape index (κ2) is 14.2. The van der Waals surface area contributed by atoms with Gasteiger partial charge in [0.2, 0.25) is 0 Å². The number of aliphatic hydroxyl groups is 1. The number of rotatable bonds is 9. The zero-order valence-electron chi connectivity index (χ0n) is 25.6. The van der Waals surface area contributed by atoms with E-state index in [1.165, 1.54) is 18.2 Å². The molecular formula is C35H42F3NO5. The van der Waals surface area contributed by atoms with Crippen molar-refractivity contribution in [2.24, 2.45) is 5.92 Å². The molecule has 6 rings (SSSR count). The highest BCUT2D eigenvalue weighted by molar-refractivity contribution is 5.51. The first-order valence-corrected chi connectivity index (χ1v) is 15.6. The summed E-state index contributed by atoms with van der Waals surface area (Å²) in [5.41, 5.74) is -0.411. The summed E-state index contributed by atoms with van der Waals surface area (Å²) < 4.78 is 66.4. The summed E-state index contributed by atoms with van der Waals surface area (Å²) in [7, 11) is 0. The normalized spacial score (nSPS) is 25.1. The quantitative estimate of drug-likeness (QED) is 0.273. The Kier molecular flexibility index (Phi) is 10.4. The maximum Gasteiger partial charge on any atom is 0.199 e. The molecule has 3 heterocycles. The van der Waals surface area contributed by atoms with Gasteiger partial charge in [0.25, 0.3) is 0 Å². The molecule has 0 saturated carbocycles. The van der Waals surface area contributed by atoms with Crippen LogP contribution in [0.3, 0.4) is 0 Å². The third-order valence-corrected chi connectivity index (χ3v) is 8.50. The van der Waals surface area contributed by atoms with Crippen LogP contribution >= 0.6 is 0 Å². The lowest BCUT2D eigenvalue weighted by Crippen LogP contribution is -2.49. The zero-order valence-corrected chi connectivity index (χ0v) is 25.6. The summed E-state index contributed by atoms with van der Waals surface area (Å²) in [6, 6.07) is 16.3. The lowest BCUT2D eigenvalue weighted by Gasteiger charge is -2.44. The summed E-state index contributed by atoms with van der Waals surface area (Å²) in [5, 5.41) is 12.1. The third kappa shape index (κ3) is 6.85. The topological polar surface area (TPSA) is 60.4 Å². The Bertz CT molecular complexity index is 1360. The third-order valence-electron chi connectivity index (χ3n) is 8.50. The van der Waals surface area contributed by atoms with Crippen molar-refractivity contribution in [1.82, 2.24) is 4.90 Å². The van der Waals surface area contributed by atoms with Gasteiger partial charge in [-0.05, 0) is 67.3 Å². The van der Waals surface area contributed by atoms with Gasteiger partial charge in [-0.3, -0.25) is 9.29 Å². The summed E-state index contributed by atoms with van der Waals surface area (Å²) >= 11 is 0. The van der Waals surface area contributed by atoms with Gasteiger partial charge < -0.3 is 24.1 Å². The van der Waals surface area contributed by atoms with Crippen LogP contribution in [-0.4, -0.2) is 55.8 Å². The van der Waals surface area contributed by atoms with Crippen molar-refractivity contribution in [3.63, 3.8) is 0 Å². The van der Waals surface area contributed by atoms with Crippen molar-refractivity contribution in [3.8, 4) is 17.2 Å². The fraction of sp³-hybridized carbons (Fsp3) is 0.486. The molecule has 9 heteroatoms. The summed E-state index contributed by atoms with van der Waals surface area (Å²) in [4.78, 5) is 2.15. The monoisotopic (exact) mass is 613 g/mol. The number of likely N-dealkylation sites (tertiary alicyclic amines) is 1. The molecule has 0 amide bonds. The molecule has 0 aromatic heterocycles. The first kappa shape index (κ1) is 32.1. The molecule has 2 saturated heterocycles. The van der Waals surface area contributed by atoms with Crippen LogP contribution in [0, 0.1) is 17.6 Å². The molecule has 2 fully saturated rings. The number of alkyl halides is 1. The van der Waals surface area contributed by atoms with Crippen LogP contribution in [0.15, 0.2) is 60.7 Å². The van der Waals surface area contributed by atoms with Gasteiger partial charge in [0.15, 0.2) is 17.9 Å². The highest BCUT2D eigenvalue weighted by Gasteiger charge is 2.50. The maximum atomic E-state index is 16.1. The number of benzene rings is 3. The lowest BCUT2D eigenvalue weighted by molar-refractivity contribution is -0.108. The van der Waals surface area contributed by atoms with E-state index >= 15 is 4.39 Å². The molecule has 4 atom stereocenters. The molecule has 6 nitrogen and oxygen atoms in total. The van der Waals surface area contributed by atoms with Crippen LogP contribution < -0.4 is 14.2 Å². The van der Waals surface area contributed by atoms with E-state index in [1.807, 2.05) is 38.1 Å². The molecule has 0 radical (unpaired) electrons. The molecule has 3 aromatic rings. The Morgan fingerprint density at radius 1 is 0.955 bits per heavy atom. The predicted octanol–water partition coefficient (Wildman–Crippen LogP) is 7.30. The summed E-state index contributed by atoms with van der Waals surface area (Å²) in [5.74, 6) is -0.902. The number of fused-ring (bicyclic) bond motifs is 1. The fourth-order valence-electron chi connectivity index (χ4n) is 6.23. The second-order valence-corrected chi connectivity index (χ2v) is 11.6. The van der Waals surface area contributed by atoms with Gasteiger partial charge in [0.05, 0.1) is 24.8 Å². The Hall–Kier alpha value is -3.27. The first-order chi connectivity index (χ1) is 21.3. The van der Waals surface area contributed by atoms with Gasteiger partial charge >= 0.3 is 0 Å². The number of ether oxygens (including phenoxy) is 4. The average molecular weight is 614 g/mol. The number of hydrogen-bond acceptors (Lipinski definition) is 6. The molecule has 0 bridgehead atoms. The fourth-order valence-corrected chi connectivity index (χ4v) is 6.23. The van der Waals surface area contributed by atoms with E-state index in [0.29, 0.717) is 30.9 Å².